The summed E-state index contributed by atoms with van der Waals surface area (Å²) < 4.78 is 0. The second-order valence-corrected chi connectivity index (χ2v) is 6.16. The van der Waals surface area contributed by atoms with Crippen molar-refractivity contribution in [1.29, 1.82) is 0 Å². The Hall–Kier alpha value is -1.35. The first-order valence-electron chi connectivity index (χ1n) is 7.86. The lowest BCUT2D eigenvalue weighted by Gasteiger charge is -2.31. The van der Waals surface area contributed by atoms with Crippen LogP contribution < -0.4 is 5.32 Å². The minimum Gasteiger partial charge on any atom is -0.375 e. The summed E-state index contributed by atoms with van der Waals surface area (Å²) in [6.45, 7) is 0. The van der Waals surface area contributed by atoms with Crippen LogP contribution >= 0.6 is 0 Å². The first-order chi connectivity index (χ1) is 9.73. The van der Waals surface area contributed by atoms with Gasteiger partial charge in [0.05, 0.1) is 0 Å². The third-order valence-corrected chi connectivity index (χ3v) is 4.88. The number of hydrogen-bond donors (Lipinski definition) is 2. The summed E-state index contributed by atoms with van der Waals surface area (Å²) in [6.07, 6.45) is 9.12. The molecular weight excluding hydrogens is 250 g/mol. The van der Waals surface area contributed by atoms with Gasteiger partial charge in [-0.05, 0) is 18.9 Å². The zero-order chi connectivity index (χ0) is 14.0. The number of amides is 1. The highest BCUT2D eigenvalue weighted by Crippen LogP contribution is 2.45. The number of fused-ring (bicyclic) bond motifs is 1. The molecular formula is C17H23NO2. The molecule has 1 amide bonds. The second-order valence-electron chi connectivity index (χ2n) is 6.16. The average molecular weight is 273 g/mol. The lowest BCUT2D eigenvalue weighted by atomic mass is 9.77. The van der Waals surface area contributed by atoms with Gasteiger partial charge in [-0.1, -0.05) is 56.7 Å². The molecule has 0 saturated heterocycles. The van der Waals surface area contributed by atoms with Gasteiger partial charge in [-0.15, -0.1) is 0 Å². The predicted octanol–water partition coefficient (Wildman–Crippen LogP) is 3.58. The van der Waals surface area contributed by atoms with E-state index in [0.29, 0.717) is 0 Å². The normalized spacial score (nSPS) is 28.1. The molecule has 0 aromatic heterocycles. The lowest BCUT2D eigenvalue weighted by molar-refractivity contribution is -0.140. The molecule has 2 aliphatic rings. The highest BCUT2D eigenvalue weighted by molar-refractivity contribution is 6.05. The first kappa shape index (κ1) is 13.6. The lowest BCUT2D eigenvalue weighted by Crippen LogP contribution is -2.41. The van der Waals surface area contributed by atoms with Gasteiger partial charge in [0.1, 0.15) is 0 Å². The van der Waals surface area contributed by atoms with Gasteiger partial charge in [0.2, 0.25) is 0 Å². The van der Waals surface area contributed by atoms with Crippen LogP contribution in [0.15, 0.2) is 24.3 Å². The third-order valence-electron chi connectivity index (χ3n) is 4.88. The fourth-order valence-corrected chi connectivity index (χ4v) is 3.72. The maximum Gasteiger partial charge on any atom is 0.261 e. The van der Waals surface area contributed by atoms with E-state index in [1.165, 1.54) is 25.7 Å². The van der Waals surface area contributed by atoms with Crippen LogP contribution in [0.1, 0.15) is 56.9 Å². The molecule has 2 N–H and O–H groups in total. The Balaban J connectivity index is 1.91. The van der Waals surface area contributed by atoms with Crippen LogP contribution in [-0.2, 0) is 10.4 Å². The Morgan fingerprint density at radius 1 is 1.00 bits per heavy atom. The molecule has 1 atom stereocenters. The Labute approximate surface area is 120 Å². The minimum atomic E-state index is -1.32. The smallest absolute Gasteiger partial charge is 0.261 e. The van der Waals surface area contributed by atoms with E-state index in [4.69, 9.17) is 0 Å². The van der Waals surface area contributed by atoms with Gasteiger partial charge in [0.15, 0.2) is 5.60 Å². The quantitative estimate of drug-likeness (QED) is 0.821. The number of nitrogens with one attached hydrogen (secondary N) is 1. The molecule has 0 bridgehead atoms. The van der Waals surface area contributed by atoms with Gasteiger partial charge in [-0.2, -0.15) is 0 Å². The first-order valence-corrected chi connectivity index (χ1v) is 7.86. The van der Waals surface area contributed by atoms with Crippen molar-refractivity contribution in [3.05, 3.63) is 29.8 Å². The van der Waals surface area contributed by atoms with Gasteiger partial charge in [0.25, 0.3) is 5.91 Å². The van der Waals surface area contributed by atoms with Crippen LogP contribution in [-0.4, -0.2) is 11.0 Å². The zero-order valence-corrected chi connectivity index (χ0v) is 11.9. The summed E-state index contributed by atoms with van der Waals surface area (Å²) in [6, 6.07) is 7.56. The van der Waals surface area contributed by atoms with Gasteiger partial charge in [0, 0.05) is 17.2 Å². The zero-order valence-electron chi connectivity index (χ0n) is 11.9. The summed E-state index contributed by atoms with van der Waals surface area (Å²) in [5.74, 6) is -0.188. The summed E-state index contributed by atoms with van der Waals surface area (Å²) >= 11 is 0. The molecule has 1 aromatic carbocycles. The van der Waals surface area contributed by atoms with Crippen molar-refractivity contribution in [2.45, 2.75) is 57.0 Å². The van der Waals surface area contributed by atoms with Crippen molar-refractivity contribution < 1.29 is 9.90 Å². The van der Waals surface area contributed by atoms with Crippen molar-refractivity contribution in [3.63, 3.8) is 0 Å². The van der Waals surface area contributed by atoms with E-state index in [1.807, 2.05) is 24.3 Å². The van der Waals surface area contributed by atoms with Crippen LogP contribution in [0.5, 0.6) is 0 Å². The number of anilines is 1. The third kappa shape index (κ3) is 2.24. The number of rotatable bonds is 1. The monoisotopic (exact) mass is 273 g/mol. The molecule has 1 aliphatic heterocycles. The molecule has 20 heavy (non-hydrogen) atoms. The van der Waals surface area contributed by atoms with Crippen molar-refractivity contribution >= 4 is 11.6 Å². The van der Waals surface area contributed by atoms with E-state index in [2.05, 4.69) is 5.32 Å². The standard InChI is InChI=1S/C17H23NO2/c19-16-17(20,14-11-7-8-12-15(14)18-16)13-9-5-3-1-2-4-6-10-13/h7-8,11-13,20H,1-6,9-10H2,(H,18,19). The number of hydrogen-bond acceptors (Lipinski definition) is 2. The van der Waals surface area contributed by atoms with Gasteiger partial charge < -0.3 is 10.4 Å². The summed E-state index contributed by atoms with van der Waals surface area (Å²) in [5, 5.41) is 14.0. The van der Waals surface area contributed by atoms with E-state index < -0.39 is 5.60 Å². The van der Waals surface area contributed by atoms with E-state index in [9.17, 15) is 9.90 Å². The molecule has 0 spiro atoms. The average Bonchev–Trinajstić information content (AvgIpc) is 2.80. The van der Waals surface area contributed by atoms with E-state index >= 15 is 0 Å². The van der Waals surface area contributed by atoms with Crippen LogP contribution in [0.25, 0.3) is 0 Å². The Morgan fingerprint density at radius 2 is 1.60 bits per heavy atom. The van der Waals surface area contributed by atoms with Crippen molar-refractivity contribution in [1.82, 2.24) is 0 Å². The fourth-order valence-electron chi connectivity index (χ4n) is 3.72. The molecule has 1 aliphatic carbocycles. The topological polar surface area (TPSA) is 49.3 Å². The van der Waals surface area contributed by atoms with Gasteiger partial charge >= 0.3 is 0 Å². The minimum absolute atomic E-state index is 0.0456. The highest BCUT2D eigenvalue weighted by atomic mass is 16.3. The molecule has 3 nitrogen and oxygen atoms in total. The van der Waals surface area contributed by atoms with E-state index in [1.54, 1.807) is 0 Å². The number of aliphatic hydroxyl groups is 1. The molecule has 1 saturated carbocycles. The van der Waals surface area contributed by atoms with Gasteiger partial charge in [-0.3, -0.25) is 4.79 Å². The molecule has 3 rings (SSSR count). The van der Waals surface area contributed by atoms with Crippen molar-refractivity contribution in [2.75, 3.05) is 5.32 Å². The largest absolute Gasteiger partial charge is 0.375 e. The molecule has 1 aromatic rings. The highest BCUT2D eigenvalue weighted by Gasteiger charge is 2.50. The Kier molecular flexibility index (Phi) is 3.79. The maximum absolute atomic E-state index is 12.4. The second kappa shape index (κ2) is 5.57. The van der Waals surface area contributed by atoms with Crippen LogP contribution in [0, 0.1) is 5.92 Å². The Bertz CT molecular complexity index is 490. The number of para-hydroxylation sites is 1. The Morgan fingerprint density at radius 3 is 2.30 bits per heavy atom. The summed E-state index contributed by atoms with van der Waals surface area (Å²) in [7, 11) is 0. The SMILES string of the molecule is O=C1Nc2ccccc2C1(O)C1CCCCCCCC1. The molecule has 1 fully saturated rings. The molecule has 1 heterocycles. The van der Waals surface area contributed by atoms with Crippen molar-refractivity contribution in [2.24, 2.45) is 5.92 Å². The summed E-state index contributed by atoms with van der Waals surface area (Å²) in [4.78, 5) is 12.4. The fraction of sp³-hybridized carbons (Fsp3) is 0.588. The van der Waals surface area contributed by atoms with Crippen LogP contribution in [0.2, 0.25) is 0 Å². The summed E-state index contributed by atoms with van der Waals surface area (Å²) in [5.41, 5.74) is 0.232. The molecule has 108 valence electrons. The number of carbonyl (C=O) groups is 1. The van der Waals surface area contributed by atoms with Crippen LogP contribution in [0.3, 0.4) is 0 Å². The van der Waals surface area contributed by atoms with Crippen LogP contribution in [0.4, 0.5) is 5.69 Å². The molecule has 0 radical (unpaired) electrons. The van der Waals surface area contributed by atoms with E-state index in [-0.39, 0.29) is 11.8 Å². The van der Waals surface area contributed by atoms with Crippen molar-refractivity contribution in [3.8, 4) is 0 Å². The predicted molar refractivity (Wildman–Crippen MR) is 79.4 cm³/mol. The van der Waals surface area contributed by atoms with E-state index in [0.717, 1.165) is 36.9 Å². The molecule has 1 unspecified atom stereocenters. The number of carbonyl (C=O) groups excluding carboxylic acids is 1. The molecule has 3 heteroatoms. The van der Waals surface area contributed by atoms with Gasteiger partial charge in [-0.25, -0.2) is 0 Å². The number of benzene rings is 1. The maximum atomic E-state index is 12.4.